The molecule has 1 aliphatic rings. The monoisotopic (exact) mass is 330 g/mol. The minimum atomic E-state index is -4.37. The van der Waals surface area contributed by atoms with Crippen molar-refractivity contribution in [2.24, 2.45) is 5.92 Å². The van der Waals surface area contributed by atoms with Gasteiger partial charge in [-0.15, -0.1) is 0 Å². The lowest BCUT2D eigenvalue weighted by Gasteiger charge is -2.31. The zero-order chi connectivity index (χ0) is 16.9. The molecule has 0 spiro atoms. The third kappa shape index (κ3) is 5.51. The molecule has 0 aliphatic carbocycles. The summed E-state index contributed by atoms with van der Waals surface area (Å²) in [6.45, 7) is 2.56. The topological polar surface area (TPSA) is 41.6 Å². The van der Waals surface area contributed by atoms with Crippen LogP contribution in [-0.4, -0.2) is 44.2 Å². The molecule has 1 amide bonds. The molecule has 1 fully saturated rings. The lowest BCUT2D eigenvalue weighted by atomic mass is 9.99. The molecule has 0 saturated carbocycles. The number of likely N-dealkylation sites (tertiary alicyclic amines) is 1. The molecule has 0 radical (unpaired) electrons. The van der Waals surface area contributed by atoms with Crippen molar-refractivity contribution >= 4 is 11.6 Å². The second-order valence-electron chi connectivity index (χ2n) is 5.82. The largest absolute Gasteiger partial charge is 0.416 e. The highest BCUT2D eigenvalue weighted by Gasteiger charge is 2.30. The van der Waals surface area contributed by atoms with E-state index in [9.17, 15) is 18.0 Å². The summed E-state index contributed by atoms with van der Waals surface area (Å²) in [6, 6.07) is 4.46. The van der Waals surface area contributed by atoms with Gasteiger partial charge in [-0.3, -0.25) is 9.69 Å². The summed E-state index contributed by atoms with van der Waals surface area (Å²) in [7, 11) is 1.66. The number of methoxy groups -OCH3 is 1. The van der Waals surface area contributed by atoms with E-state index >= 15 is 0 Å². The Morgan fingerprint density at radius 2 is 2.04 bits per heavy atom. The third-order valence-corrected chi connectivity index (χ3v) is 3.87. The molecule has 1 aliphatic heterocycles. The Balaban J connectivity index is 1.84. The van der Waals surface area contributed by atoms with Crippen LogP contribution in [0.2, 0.25) is 0 Å². The second-order valence-corrected chi connectivity index (χ2v) is 5.82. The fourth-order valence-electron chi connectivity index (χ4n) is 2.81. The SMILES string of the molecule is COCC1CCCN(CC(=O)Nc2ccc(C(F)(F)F)cc2)C1. The number of nitrogens with zero attached hydrogens (tertiary/aromatic N) is 1. The van der Waals surface area contributed by atoms with E-state index in [1.54, 1.807) is 7.11 Å². The van der Waals surface area contributed by atoms with Gasteiger partial charge in [0.15, 0.2) is 0 Å². The van der Waals surface area contributed by atoms with Gasteiger partial charge < -0.3 is 10.1 Å². The Labute approximate surface area is 133 Å². The number of carbonyl (C=O) groups is 1. The maximum atomic E-state index is 12.5. The lowest BCUT2D eigenvalue weighted by Crippen LogP contribution is -2.41. The molecule has 0 aromatic heterocycles. The molecule has 1 heterocycles. The Morgan fingerprint density at radius 1 is 1.35 bits per heavy atom. The molecule has 1 aromatic rings. The number of halogens is 3. The highest BCUT2D eigenvalue weighted by Crippen LogP contribution is 2.29. The minimum absolute atomic E-state index is 0.220. The molecule has 0 bridgehead atoms. The third-order valence-electron chi connectivity index (χ3n) is 3.87. The van der Waals surface area contributed by atoms with Crippen LogP contribution >= 0.6 is 0 Å². The molecule has 7 heteroatoms. The van der Waals surface area contributed by atoms with E-state index in [0.29, 0.717) is 18.2 Å². The first kappa shape index (κ1) is 17.7. The number of nitrogens with one attached hydrogen (secondary N) is 1. The van der Waals surface area contributed by atoms with Gasteiger partial charge in [0.2, 0.25) is 5.91 Å². The summed E-state index contributed by atoms with van der Waals surface area (Å²) in [6.07, 6.45) is -2.26. The van der Waals surface area contributed by atoms with Crippen molar-refractivity contribution < 1.29 is 22.7 Å². The Kier molecular flexibility index (Phi) is 6.01. The Morgan fingerprint density at radius 3 is 2.65 bits per heavy atom. The van der Waals surface area contributed by atoms with Crippen LogP contribution in [0.5, 0.6) is 0 Å². The number of piperidine rings is 1. The van der Waals surface area contributed by atoms with Gasteiger partial charge in [0.05, 0.1) is 18.7 Å². The standard InChI is InChI=1S/C16H21F3N2O2/c1-23-11-12-3-2-8-21(9-12)10-15(22)20-14-6-4-13(5-7-14)16(17,18)19/h4-7,12H,2-3,8-11H2,1H3,(H,20,22). The van der Waals surface area contributed by atoms with Crippen LogP contribution < -0.4 is 5.32 Å². The first-order valence-electron chi connectivity index (χ1n) is 7.57. The summed E-state index contributed by atoms with van der Waals surface area (Å²) in [5, 5.41) is 2.64. The minimum Gasteiger partial charge on any atom is -0.384 e. The van der Waals surface area contributed by atoms with Crippen LogP contribution in [0.1, 0.15) is 18.4 Å². The van der Waals surface area contributed by atoms with E-state index in [1.807, 2.05) is 4.90 Å². The molecule has 2 rings (SSSR count). The second kappa shape index (κ2) is 7.79. The highest BCUT2D eigenvalue weighted by atomic mass is 19.4. The fourth-order valence-corrected chi connectivity index (χ4v) is 2.81. The first-order chi connectivity index (χ1) is 10.9. The van der Waals surface area contributed by atoms with Crippen LogP contribution in [0.25, 0.3) is 0 Å². The van der Waals surface area contributed by atoms with Gasteiger partial charge in [-0.2, -0.15) is 13.2 Å². The number of alkyl halides is 3. The number of hydrogen-bond acceptors (Lipinski definition) is 3. The normalized spacial score (nSPS) is 19.6. The molecule has 23 heavy (non-hydrogen) atoms. The van der Waals surface area contributed by atoms with E-state index in [1.165, 1.54) is 12.1 Å². The van der Waals surface area contributed by atoms with Gasteiger partial charge in [-0.25, -0.2) is 0 Å². The van der Waals surface area contributed by atoms with E-state index in [2.05, 4.69) is 5.32 Å². The number of hydrogen-bond donors (Lipinski definition) is 1. The molecule has 4 nitrogen and oxygen atoms in total. The molecule has 1 N–H and O–H groups in total. The quantitative estimate of drug-likeness (QED) is 0.902. The van der Waals surface area contributed by atoms with Crippen LogP contribution in [0.15, 0.2) is 24.3 Å². The molecule has 1 saturated heterocycles. The van der Waals surface area contributed by atoms with E-state index < -0.39 is 11.7 Å². The molecule has 1 aromatic carbocycles. The number of amides is 1. The van der Waals surface area contributed by atoms with Crippen LogP contribution in [0.4, 0.5) is 18.9 Å². The fraction of sp³-hybridized carbons (Fsp3) is 0.562. The maximum absolute atomic E-state index is 12.5. The molecule has 128 valence electrons. The number of anilines is 1. The van der Waals surface area contributed by atoms with Crippen molar-refractivity contribution in [2.75, 3.05) is 38.7 Å². The summed E-state index contributed by atoms with van der Waals surface area (Å²) < 4.78 is 42.6. The maximum Gasteiger partial charge on any atom is 0.416 e. The van der Waals surface area contributed by atoms with Gasteiger partial charge in [-0.1, -0.05) is 0 Å². The van der Waals surface area contributed by atoms with Gasteiger partial charge >= 0.3 is 6.18 Å². The smallest absolute Gasteiger partial charge is 0.384 e. The van der Waals surface area contributed by atoms with Crippen molar-refractivity contribution in [1.29, 1.82) is 0 Å². The van der Waals surface area contributed by atoms with Crippen molar-refractivity contribution in [3.63, 3.8) is 0 Å². The number of rotatable bonds is 5. The Hall–Kier alpha value is -1.60. The predicted molar refractivity (Wildman–Crippen MR) is 81.1 cm³/mol. The summed E-state index contributed by atoms with van der Waals surface area (Å²) in [4.78, 5) is 14.1. The van der Waals surface area contributed by atoms with Crippen LogP contribution in [-0.2, 0) is 15.7 Å². The average Bonchev–Trinajstić information content (AvgIpc) is 2.47. The summed E-state index contributed by atoms with van der Waals surface area (Å²) in [5.41, 5.74) is -0.359. The van der Waals surface area contributed by atoms with E-state index in [-0.39, 0.29) is 12.5 Å². The van der Waals surface area contributed by atoms with Gasteiger partial charge in [-0.05, 0) is 49.6 Å². The molecule has 1 unspecified atom stereocenters. The van der Waals surface area contributed by atoms with E-state index in [0.717, 1.165) is 38.1 Å². The molecular formula is C16H21F3N2O2. The van der Waals surface area contributed by atoms with Gasteiger partial charge in [0.1, 0.15) is 0 Å². The molecular weight excluding hydrogens is 309 g/mol. The number of benzene rings is 1. The van der Waals surface area contributed by atoms with Crippen molar-refractivity contribution in [2.45, 2.75) is 19.0 Å². The number of ether oxygens (including phenoxy) is 1. The van der Waals surface area contributed by atoms with Crippen molar-refractivity contribution in [3.05, 3.63) is 29.8 Å². The zero-order valence-corrected chi connectivity index (χ0v) is 13.0. The number of carbonyl (C=O) groups excluding carboxylic acids is 1. The van der Waals surface area contributed by atoms with Crippen LogP contribution in [0, 0.1) is 5.92 Å². The summed E-state index contributed by atoms with van der Waals surface area (Å²) >= 11 is 0. The Bertz CT molecular complexity index is 515. The predicted octanol–water partition coefficient (Wildman–Crippen LogP) is 3.00. The van der Waals surface area contributed by atoms with Crippen LogP contribution in [0.3, 0.4) is 0 Å². The van der Waals surface area contributed by atoms with E-state index in [4.69, 9.17) is 4.74 Å². The average molecular weight is 330 g/mol. The first-order valence-corrected chi connectivity index (χ1v) is 7.57. The highest BCUT2D eigenvalue weighted by molar-refractivity contribution is 5.92. The van der Waals surface area contributed by atoms with Gasteiger partial charge in [0.25, 0.3) is 0 Å². The van der Waals surface area contributed by atoms with Crippen molar-refractivity contribution in [3.8, 4) is 0 Å². The molecule has 1 atom stereocenters. The zero-order valence-electron chi connectivity index (χ0n) is 13.0. The van der Waals surface area contributed by atoms with Gasteiger partial charge in [0, 0.05) is 19.3 Å². The lowest BCUT2D eigenvalue weighted by molar-refractivity contribution is -0.137. The van der Waals surface area contributed by atoms with Crippen molar-refractivity contribution in [1.82, 2.24) is 4.90 Å². The summed E-state index contributed by atoms with van der Waals surface area (Å²) in [5.74, 6) is 0.204.